The molecule has 1 fully saturated rings. The van der Waals surface area contributed by atoms with Gasteiger partial charge in [0.15, 0.2) is 0 Å². The number of hydrogen-bond acceptors (Lipinski definition) is 4. The lowest BCUT2D eigenvalue weighted by atomic mass is 10.1. The number of amides is 1. The van der Waals surface area contributed by atoms with Crippen molar-refractivity contribution in [3.8, 4) is 0 Å². The molecule has 1 amide bonds. The van der Waals surface area contributed by atoms with Crippen LogP contribution in [0.15, 0.2) is 21.5 Å². The Balaban J connectivity index is 2.27. The first-order chi connectivity index (χ1) is 9.79. The fraction of sp³-hybridized carbons (Fsp3) is 0.462. The van der Waals surface area contributed by atoms with Gasteiger partial charge in [-0.15, -0.1) is 0 Å². The highest BCUT2D eigenvalue weighted by molar-refractivity contribution is 9.10. The smallest absolute Gasteiger partial charge is 0.261 e. The van der Waals surface area contributed by atoms with Crippen LogP contribution in [0.2, 0.25) is 0 Å². The van der Waals surface area contributed by atoms with Crippen LogP contribution < -0.4 is 5.32 Å². The monoisotopic (exact) mass is 395 g/mol. The summed E-state index contributed by atoms with van der Waals surface area (Å²) in [5, 5.41) is 2.84. The first-order valence-corrected chi connectivity index (χ1v) is 9.52. The summed E-state index contributed by atoms with van der Waals surface area (Å²) in [5.74, 6) is -0.340. The number of hydrogen-bond donors (Lipinski definition) is 1. The molecule has 2 rings (SSSR count). The largest absolute Gasteiger partial charge is 0.379 e. The second-order valence-corrected chi connectivity index (χ2v) is 8.30. The number of halogens is 2. The molecule has 1 heterocycles. The minimum atomic E-state index is -3.91. The van der Waals surface area contributed by atoms with E-state index in [-0.39, 0.29) is 22.4 Å². The van der Waals surface area contributed by atoms with Gasteiger partial charge in [0, 0.05) is 27.3 Å². The van der Waals surface area contributed by atoms with Gasteiger partial charge in [-0.05, 0) is 37.5 Å². The van der Waals surface area contributed by atoms with Crippen LogP contribution in [0.1, 0.15) is 28.8 Å². The molecule has 1 unspecified atom stereocenters. The Bertz CT molecular complexity index is 656. The van der Waals surface area contributed by atoms with Gasteiger partial charge >= 0.3 is 0 Å². The molecule has 1 aromatic rings. The zero-order valence-corrected chi connectivity index (χ0v) is 14.5. The second kappa shape index (κ2) is 6.64. The number of ether oxygens (including phenoxy) is 1. The molecule has 0 bridgehead atoms. The van der Waals surface area contributed by atoms with E-state index in [1.807, 2.05) is 0 Å². The van der Waals surface area contributed by atoms with E-state index in [9.17, 15) is 13.2 Å². The summed E-state index contributed by atoms with van der Waals surface area (Å²) in [5.41, 5.74) is 0.722. The quantitative estimate of drug-likeness (QED) is 0.797. The van der Waals surface area contributed by atoms with Gasteiger partial charge in [-0.2, -0.15) is 0 Å². The third kappa shape index (κ3) is 4.18. The Hall–Kier alpha value is -0.630. The minimum absolute atomic E-state index is 0.0533. The Morgan fingerprint density at radius 2 is 2.19 bits per heavy atom. The predicted molar refractivity (Wildman–Crippen MR) is 83.2 cm³/mol. The molecule has 0 aliphatic carbocycles. The summed E-state index contributed by atoms with van der Waals surface area (Å²) in [6.07, 6.45) is 1.74. The van der Waals surface area contributed by atoms with Crippen LogP contribution in [0.25, 0.3) is 0 Å². The Labute approximate surface area is 136 Å². The topological polar surface area (TPSA) is 72.5 Å². The van der Waals surface area contributed by atoms with Crippen molar-refractivity contribution >= 4 is 41.6 Å². The molecule has 0 saturated carbocycles. The highest BCUT2D eigenvalue weighted by Gasteiger charge is 2.21. The number of benzene rings is 1. The third-order valence-electron chi connectivity index (χ3n) is 3.32. The van der Waals surface area contributed by atoms with Gasteiger partial charge in [0.25, 0.3) is 15.0 Å². The first-order valence-electron chi connectivity index (χ1n) is 6.42. The van der Waals surface area contributed by atoms with E-state index in [1.165, 1.54) is 6.07 Å². The highest BCUT2D eigenvalue weighted by Crippen LogP contribution is 2.28. The summed E-state index contributed by atoms with van der Waals surface area (Å²) in [7, 11) is 1.50. The zero-order valence-electron chi connectivity index (χ0n) is 11.4. The molecule has 21 heavy (non-hydrogen) atoms. The fourth-order valence-electron chi connectivity index (χ4n) is 2.16. The van der Waals surface area contributed by atoms with Crippen LogP contribution >= 0.6 is 26.6 Å². The second-order valence-electron chi connectivity index (χ2n) is 4.91. The Morgan fingerprint density at radius 3 is 2.76 bits per heavy atom. The van der Waals surface area contributed by atoms with Gasteiger partial charge in [0.05, 0.1) is 17.5 Å². The van der Waals surface area contributed by atoms with Crippen molar-refractivity contribution in [3.05, 3.63) is 27.7 Å². The molecular weight excluding hydrogens is 382 g/mol. The lowest BCUT2D eigenvalue weighted by Crippen LogP contribution is -2.40. The molecule has 1 atom stereocenters. The molecule has 5 nitrogen and oxygen atoms in total. The zero-order chi connectivity index (χ0) is 15.6. The predicted octanol–water partition coefficient (Wildman–Crippen LogP) is 2.59. The SMILES string of the molecule is Cc1c(Br)cc(C(=O)NC2CCCOC2)cc1S(=O)(=O)Cl. The standard InChI is InChI=1S/C13H15BrClNO4S/c1-8-11(14)5-9(6-12(8)21(15,18)19)13(17)16-10-3-2-4-20-7-10/h5-6,10H,2-4,7H2,1H3,(H,16,17). The molecule has 0 spiro atoms. The van der Waals surface area contributed by atoms with Crippen molar-refractivity contribution in [2.45, 2.75) is 30.7 Å². The lowest BCUT2D eigenvalue weighted by molar-refractivity contribution is 0.0624. The van der Waals surface area contributed by atoms with Gasteiger partial charge in [0.2, 0.25) is 0 Å². The summed E-state index contributed by atoms with van der Waals surface area (Å²) in [4.78, 5) is 12.2. The summed E-state index contributed by atoms with van der Waals surface area (Å²) >= 11 is 3.26. The van der Waals surface area contributed by atoms with Crippen LogP contribution in [0.4, 0.5) is 0 Å². The Morgan fingerprint density at radius 1 is 1.48 bits per heavy atom. The van der Waals surface area contributed by atoms with Crippen molar-refractivity contribution in [3.63, 3.8) is 0 Å². The van der Waals surface area contributed by atoms with Gasteiger partial charge in [-0.3, -0.25) is 4.79 Å². The molecule has 1 aliphatic heterocycles. The molecule has 0 aromatic heterocycles. The van der Waals surface area contributed by atoms with Crippen LogP contribution in [0.5, 0.6) is 0 Å². The number of carbonyl (C=O) groups excluding carboxylic acids is 1. The third-order valence-corrected chi connectivity index (χ3v) is 5.59. The van der Waals surface area contributed by atoms with Crippen LogP contribution in [-0.4, -0.2) is 33.6 Å². The molecule has 1 aromatic carbocycles. The first kappa shape index (κ1) is 16.7. The van der Waals surface area contributed by atoms with Crippen molar-refractivity contribution < 1.29 is 17.9 Å². The van der Waals surface area contributed by atoms with Crippen molar-refractivity contribution in [2.75, 3.05) is 13.2 Å². The Kier molecular flexibility index (Phi) is 5.29. The maximum absolute atomic E-state index is 12.2. The van der Waals surface area contributed by atoms with Gasteiger partial charge in [-0.1, -0.05) is 15.9 Å². The minimum Gasteiger partial charge on any atom is -0.379 e. The van der Waals surface area contributed by atoms with E-state index in [1.54, 1.807) is 13.0 Å². The summed E-state index contributed by atoms with van der Waals surface area (Å²) < 4.78 is 28.9. The van der Waals surface area contributed by atoms with Crippen LogP contribution in [-0.2, 0) is 13.8 Å². The van der Waals surface area contributed by atoms with Gasteiger partial charge in [0.1, 0.15) is 0 Å². The molecule has 0 radical (unpaired) electrons. The van der Waals surface area contributed by atoms with Crippen molar-refractivity contribution in [1.82, 2.24) is 5.32 Å². The molecule has 8 heteroatoms. The summed E-state index contributed by atoms with van der Waals surface area (Å²) in [6, 6.07) is 2.82. The summed E-state index contributed by atoms with van der Waals surface area (Å²) in [6.45, 7) is 2.80. The maximum atomic E-state index is 12.2. The van der Waals surface area contributed by atoms with E-state index in [0.29, 0.717) is 23.2 Å². The molecule has 1 aliphatic rings. The normalized spacial score (nSPS) is 19.3. The van der Waals surface area contributed by atoms with Gasteiger partial charge < -0.3 is 10.1 Å². The number of carbonyl (C=O) groups is 1. The van der Waals surface area contributed by atoms with E-state index in [0.717, 1.165) is 12.8 Å². The number of nitrogens with one attached hydrogen (secondary N) is 1. The highest BCUT2D eigenvalue weighted by atomic mass is 79.9. The van der Waals surface area contributed by atoms with Crippen molar-refractivity contribution in [1.29, 1.82) is 0 Å². The maximum Gasteiger partial charge on any atom is 0.261 e. The molecule has 1 N–H and O–H groups in total. The van der Waals surface area contributed by atoms with Crippen LogP contribution in [0.3, 0.4) is 0 Å². The van der Waals surface area contributed by atoms with E-state index < -0.39 is 9.05 Å². The fourth-order valence-corrected chi connectivity index (χ4v) is 3.98. The van der Waals surface area contributed by atoms with Crippen molar-refractivity contribution in [2.24, 2.45) is 0 Å². The van der Waals surface area contributed by atoms with Gasteiger partial charge in [-0.25, -0.2) is 8.42 Å². The number of rotatable bonds is 3. The van der Waals surface area contributed by atoms with E-state index in [4.69, 9.17) is 15.4 Å². The lowest BCUT2D eigenvalue weighted by Gasteiger charge is -2.23. The molecule has 1 saturated heterocycles. The average molecular weight is 397 g/mol. The van der Waals surface area contributed by atoms with Crippen LogP contribution in [0, 0.1) is 6.92 Å². The van der Waals surface area contributed by atoms with E-state index >= 15 is 0 Å². The molecular formula is C13H15BrClNO4S. The molecule has 116 valence electrons. The van der Waals surface area contributed by atoms with E-state index in [2.05, 4.69) is 21.2 Å². The average Bonchev–Trinajstić information content (AvgIpc) is 2.41.